The van der Waals surface area contributed by atoms with E-state index < -0.39 is 0 Å². The molecule has 1 aromatic carbocycles. The fraction of sp³-hybridized carbons (Fsp3) is 0.273. The van der Waals surface area contributed by atoms with E-state index >= 15 is 0 Å². The summed E-state index contributed by atoms with van der Waals surface area (Å²) in [5.41, 5.74) is 0.601. The molecule has 0 spiro atoms. The first-order valence-corrected chi connectivity index (χ1v) is 5.14. The van der Waals surface area contributed by atoms with Gasteiger partial charge in [-0.15, -0.1) is 11.6 Å². The molecule has 0 aliphatic carbocycles. The van der Waals surface area contributed by atoms with Crippen LogP contribution < -0.4 is 0 Å². The van der Waals surface area contributed by atoms with Crippen molar-refractivity contribution in [1.29, 1.82) is 0 Å². The van der Waals surface area contributed by atoms with Crippen LogP contribution in [0.4, 0.5) is 4.39 Å². The van der Waals surface area contributed by atoms with Crippen LogP contribution in [0.5, 0.6) is 0 Å². The van der Waals surface area contributed by atoms with Crippen LogP contribution in [0.2, 0.25) is 5.02 Å². The minimum absolute atomic E-state index is 0.362. The van der Waals surface area contributed by atoms with Crippen molar-refractivity contribution in [3.8, 4) is 11.8 Å². The summed E-state index contributed by atoms with van der Waals surface area (Å²) in [7, 11) is 0. The zero-order chi connectivity index (χ0) is 10.4. The van der Waals surface area contributed by atoms with Gasteiger partial charge in [-0.1, -0.05) is 23.4 Å². The monoisotopic (exact) mass is 230 g/mol. The van der Waals surface area contributed by atoms with Crippen LogP contribution >= 0.6 is 23.2 Å². The highest BCUT2D eigenvalue weighted by Crippen LogP contribution is 2.13. The largest absolute Gasteiger partial charge is 0.207 e. The van der Waals surface area contributed by atoms with Crippen molar-refractivity contribution in [1.82, 2.24) is 0 Å². The highest BCUT2D eigenvalue weighted by atomic mass is 35.5. The minimum Gasteiger partial charge on any atom is -0.207 e. The van der Waals surface area contributed by atoms with Gasteiger partial charge in [0.2, 0.25) is 0 Å². The summed E-state index contributed by atoms with van der Waals surface area (Å²) < 4.78 is 12.8. The lowest BCUT2D eigenvalue weighted by atomic mass is 10.2. The predicted molar refractivity (Wildman–Crippen MR) is 58.2 cm³/mol. The maximum atomic E-state index is 12.8. The Morgan fingerprint density at radius 2 is 2.07 bits per heavy atom. The van der Waals surface area contributed by atoms with Gasteiger partial charge in [-0.05, 0) is 24.6 Å². The average Bonchev–Trinajstić information content (AvgIpc) is 2.11. The van der Waals surface area contributed by atoms with Gasteiger partial charge in [-0.3, -0.25) is 0 Å². The molecule has 0 aliphatic rings. The van der Waals surface area contributed by atoms with Crippen LogP contribution in [0.1, 0.15) is 18.4 Å². The molecule has 0 radical (unpaired) electrons. The number of hydrogen-bond donors (Lipinski definition) is 0. The summed E-state index contributed by atoms with van der Waals surface area (Å²) in [6.07, 6.45) is 1.56. The van der Waals surface area contributed by atoms with Gasteiger partial charge < -0.3 is 0 Å². The fourth-order valence-electron chi connectivity index (χ4n) is 0.946. The normalized spacial score (nSPS) is 9.36. The van der Waals surface area contributed by atoms with E-state index in [-0.39, 0.29) is 5.82 Å². The standard InChI is InChI=1S/C11H9Cl2F/c12-5-3-1-2-4-9-6-10(13)8-11(14)7-9/h6-8H,1,3,5H2. The average molecular weight is 231 g/mol. The van der Waals surface area contributed by atoms with Gasteiger partial charge in [-0.25, -0.2) is 4.39 Å². The van der Waals surface area contributed by atoms with E-state index in [1.165, 1.54) is 12.1 Å². The molecule has 0 saturated heterocycles. The van der Waals surface area contributed by atoms with Gasteiger partial charge in [0.25, 0.3) is 0 Å². The van der Waals surface area contributed by atoms with E-state index in [0.717, 1.165) is 12.8 Å². The molecule has 1 aromatic rings. The molecule has 0 saturated carbocycles. The summed E-state index contributed by atoms with van der Waals surface area (Å²) in [6.45, 7) is 0. The molecule has 1 rings (SSSR count). The zero-order valence-electron chi connectivity index (χ0n) is 7.49. The van der Waals surface area contributed by atoms with Gasteiger partial charge in [0.05, 0.1) is 0 Å². The molecule has 0 fully saturated rings. The Kier molecular flexibility index (Phi) is 4.79. The molecule has 0 N–H and O–H groups in total. The maximum absolute atomic E-state index is 12.8. The summed E-state index contributed by atoms with van der Waals surface area (Å²) in [5.74, 6) is 5.96. The van der Waals surface area contributed by atoms with Gasteiger partial charge in [0.15, 0.2) is 0 Å². The number of hydrogen-bond acceptors (Lipinski definition) is 0. The second kappa shape index (κ2) is 5.90. The first-order valence-electron chi connectivity index (χ1n) is 4.23. The molecule has 0 nitrogen and oxygen atoms in total. The Bertz CT molecular complexity index is 343. The van der Waals surface area contributed by atoms with E-state index in [1.54, 1.807) is 6.07 Å². The molecule has 0 heterocycles. The Balaban J connectivity index is 2.69. The Morgan fingerprint density at radius 3 is 2.71 bits per heavy atom. The molecular formula is C11H9Cl2F. The summed E-state index contributed by atoms with van der Waals surface area (Å²) in [4.78, 5) is 0. The van der Waals surface area contributed by atoms with E-state index in [0.29, 0.717) is 16.5 Å². The lowest BCUT2D eigenvalue weighted by Crippen LogP contribution is -1.79. The van der Waals surface area contributed by atoms with Crippen molar-refractivity contribution < 1.29 is 4.39 Å². The second-order valence-electron chi connectivity index (χ2n) is 2.75. The van der Waals surface area contributed by atoms with Gasteiger partial charge in [0, 0.05) is 22.9 Å². The highest BCUT2D eigenvalue weighted by Gasteiger charge is 1.95. The number of alkyl halides is 1. The molecule has 0 amide bonds. The van der Waals surface area contributed by atoms with Crippen LogP contribution in [0, 0.1) is 17.7 Å². The Morgan fingerprint density at radius 1 is 1.29 bits per heavy atom. The van der Waals surface area contributed by atoms with Crippen molar-refractivity contribution >= 4 is 23.2 Å². The van der Waals surface area contributed by atoms with Crippen LogP contribution in [-0.4, -0.2) is 5.88 Å². The van der Waals surface area contributed by atoms with Crippen molar-refractivity contribution in [2.24, 2.45) is 0 Å². The topological polar surface area (TPSA) is 0 Å². The third-order valence-electron chi connectivity index (χ3n) is 1.53. The van der Waals surface area contributed by atoms with E-state index in [4.69, 9.17) is 23.2 Å². The molecule has 14 heavy (non-hydrogen) atoms. The molecule has 0 aliphatic heterocycles. The molecule has 0 atom stereocenters. The highest BCUT2D eigenvalue weighted by molar-refractivity contribution is 6.30. The number of rotatable bonds is 2. The summed E-state index contributed by atoms with van der Waals surface area (Å²) >= 11 is 11.1. The molecule has 3 heteroatoms. The molecule has 0 unspecified atom stereocenters. The number of benzene rings is 1. The van der Waals surface area contributed by atoms with Gasteiger partial charge >= 0.3 is 0 Å². The van der Waals surface area contributed by atoms with Crippen LogP contribution in [0.25, 0.3) is 0 Å². The minimum atomic E-state index is -0.362. The van der Waals surface area contributed by atoms with E-state index in [1.807, 2.05) is 0 Å². The van der Waals surface area contributed by atoms with Gasteiger partial charge in [0.1, 0.15) is 5.82 Å². The Hall–Kier alpha value is -0.710. The first kappa shape index (κ1) is 11.4. The van der Waals surface area contributed by atoms with Crippen molar-refractivity contribution in [3.05, 3.63) is 34.6 Å². The number of unbranched alkanes of at least 4 members (excludes halogenated alkanes) is 1. The third kappa shape index (κ3) is 4.00. The zero-order valence-corrected chi connectivity index (χ0v) is 9.00. The lowest BCUT2D eigenvalue weighted by Gasteiger charge is -1.93. The summed E-state index contributed by atoms with van der Waals surface area (Å²) in [5, 5.41) is 0.367. The van der Waals surface area contributed by atoms with Crippen molar-refractivity contribution in [3.63, 3.8) is 0 Å². The fourth-order valence-corrected chi connectivity index (χ4v) is 1.30. The quantitative estimate of drug-likeness (QED) is 0.412. The van der Waals surface area contributed by atoms with E-state index in [9.17, 15) is 4.39 Å². The van der Waals surface area contributed by atoms with Crippen LogP contribution in [0.3, 0.4) is 0 Å². The maximum Gasteiger partial charge on any atom is 0.125 e. The van der Waals surface area contributed by atoms with Crippen LogP contribution in [0.15, 0.2) is 18.2 Å². The predicted octanol–water partition coefficient (Wildman–Crippen LogP) is 3.85. The second-order valence-corrected chi connectivity index (χ2v) is 3.57. The molecule has 74 valence electrons. The first-order chi connectivity index (χ1) is 6.72. The molecule has 0 bridgehead atoms. The molecular weight excluding hydrogens is 222 g/mol. The third-order valence-corrected chi connectivity index (χ3v) is 2.02. The van der Waals surface area contributed by atoms with Crippen LogP contribution in [-0.2, 0) is 0 Å². The van der Waals surface area contributed by atoms with Gasteiger partial charge in [-0.2, -0.15) is 0 Å². The van der Waals surface area contributed by atoms with Crippen molar-refractivity contribution in [2.45, 2.75) is 12.8 Å². The lowest BCUT2D eigenvalue weighted by molar-refractivity contribution is 0.627. The smallest absolute Gasteiger partial charge is 0.125 e. The number of halogens is 3. The Labute approximate surface area is 93.0 Å². The van der Waals surface area contributed by atoms with Crippen molar-refractivity contribution in [2.75, 3.05) is 5.88 Å². The SMILES string of the molecule is Fc1cc(Cl)cc(C#CCCCCl)c1. The summed E-state index contributed by atoms with van der Waals surface area (Å²) in [6, 6.07) is 4.25. The van der Waals surface area contributed by atoms with E-state index in [2.05, 4.69) is 11.8 Å². The molecule has 0 aromatic heterocycles.